The maximum Gasteiger partial charge on any atom is 0.193 e. The highest BCUT2D eigenvalue weighted by Crippen LogP contribution is 2.16. The van der Waals surface area contributed by atoms with Crippen molar-refractivity contribution in [1.29, 1.82) is 0 Å². The molecule has 2 fully saturated rings. The van der Waals surface area contributed by atoms with Crippen molar-refractivity contribution in [3.63, 3.8) is 0 Å². The third kappa shape index (κ3) is 4.63. The zero-order valence-corrected chi connectivity index (χ0v) is 15.7. The number of aromatic nitrogens is 1. The third-order valence-corrected chi connectivity index (χ3v) is 5.42. The van der Waals surface area contributed by atoms with Crippen LogP contribution in [0.25, 0.3) is 0 Å². The molecule has 1 atom stereocenters. The quantitative estimate of drug-likeness (QED) is 0.665. The summed E-state index contributed by atoms with van der Waals surface area (Å²) in [5.41, 5.74) is 0. The molecule has 0 bridgehead atoms. The number of pyridine rings is 1. The summed E-state index contributed by atoms with van der Waals surface area (Å²) in [5, 5.41) is 3.63. The van der Waals surface area contributed by atoms with Gasteiger partial charge in [0.25, 0.3) is 0 Å². The third-order valence-electron chi connectivity index (χ3n) is 5.42. The summed E-state index contributed by atoms with van der Waals surface area (Å²) in [6, 6.07) is 6.76. The maximum absolute atomic E-state index is 4.52. The Balaban J connectivity index is 1.49. The van der Waals surface area contributed by atoms with E-state index in [1.807, 2.05) is 19.3 Å². The average Bonchev–Trinajstić information content (AvgIpc) is 2.70. The molecular weight excluding hydrogens is 312 g/mol. The molecular formula is C19H32N6. The molecule has 1 N–H and O–H groups in total. The Hall–Kier alpha value is -1.82. The Labute approximate surface area is 151 Å². The molecule has 0 amide bonds. The molecule has 1 unspecified atom stereocenters. The van der Waals surface area contributed by atoms with E-state index < -0.39 is 0 Å². The molecule has 6 nitrogen and oxygen atoms in total. The standard InChI is InChI=1S/C19H32N6/c1-3-23-11-7-5-8-17(23)16-22-19(20-2)25-14-12-24(13-15-25)18-9-4-6-10-21-18/h4,6,9-10,17H,3,5,7-8,11-16H2,1-2H3,(H,20,22). The number of piperazine rings is 1. The number of anilines is 1. The molecule has 2 aliphatic heterocycles. The Morgan fingerprint density at radius 3 is 2.72 bits per heavy atom. The predicted octanol–water partition coefficient (Wildman–Crippen LogP) is 1.65. The zero-order chi connectivity index (χ0) is 17.5. The van der Waals surface area contributed by atoms with Crippen LogP contribution in [-0.2, 0) is 0 Å². The van der Waals surface area contributed by atoms with Crippen LogP contribution in [0.5, 0.6) is 0 Å². The van der Waals surface area contributed by atoms with Crippen molar-refractivity contribution in [3.05, 3.63) is 24.4 Å². The largest absolute Gasteiger partial charge is 0.355 e. The van der Waals surface area contributed by atoms with Crippen molar-refractivity contribution < 1.29 is 0 Å². The fourth-order valence-corrected chi connectivity index (χ4v) is 3.94. The number of piperidine rings is 1. The lowest BCUT2D eigenvalue weighted by Crippen LogP contribution is -2.55. The van der Waals surface area contributed by atoms with Gasteiger partial charge in [-0.25, -0.2) is 4.98 Å². The van der Waals surface area contributed by atoms with Crippen molar-refractivity contribution >= 4 is 11.8 Å². The summed E-state index contributed by atoms with van der Waals surface area (Å²) in [4.78, 5) is 16.3. The van der Waals surface area contributed by atoms with Crippen molar-refractivity contribution in [2.24, 2.45) is 4.99 Å². The number of hydrogen-bond acceptors (Lipinski definition) is 4. The van der Waals surface area contributed by atoms with Gasteiger partial charge in [0, 0.05) is 52.0 Å². The summed E-state index contributed by atoms with van der Waals surface area (Å²) in [6.07, 6.45) is 5.86. The highest BCUT2D eigenvalue weighted by Gasteiger charge is 2.23. The molecule has 0 aromatic carbocycles. The number of nitrogens with one attached hydrogen (secondary N) is 1. The highest BCUT2D eigenvalue weighted by molar-refractivity contribution is 5.80. The van der Waals surface area contributed by atoms with Crippen LogP contribution in [0.1, 0.15) is 26.2 Å². The van der Waals surface area contributed by atoms with Gasteiger partial charge < -0.3 is 15.1 Å². The van der Waals surface area contributed by atoms with Gasteiger partial charge in [-0.2, -0.15) is 0 Å². The molecule has 1 aromatic rings. The number of hydrogen-bond donors (Lipinski definition) is 1. The normalized spacial score (nSPS) is 23.0. The second-order valence-electron chi connectivity index (χ2n) is 6.87. The molecule has 25 heavy (non-hydrogen) atoms. The molecule has 6 heteroatoms. The monoisotopic (exact) mass is 344 g/mol. The molecule has 2 saturated heterocycles. The van der Waals surface area contributed by atoms with E-state index in [2.05, 4.69) is 49.0 Å². The van der Waals surface area contributed by atoms with E-state index in [1.165, 1.54) is 25.8 Å². The van der Waals surface area contributed by atoms with E-state index in [0.717, 1.165) is 51.0 Å². The first kappa shape index (κ1) is 18.0. The topological polar surface area (TPSA) is 47.0 Å². The van der Waals surface area contributed by atoms with Crippen LogP contribution < -0.4 is 10.2 Å². The Morgan fingerprint density at radius 2 is 2.04 bits per heavy atom. The Kier molecular flexibility index (Phi) is 6.50. The molecule has 0 radical (unpaired) electrons. The smallest absolute Gasteiger partial charge is 0.193 e. The minimum atomic E-state index is 0.644. The zero-order valence-electron chi connectivity index (χ0n) is 15.7. The fourth-order valence-electron chi connectivity index (χ4n) is 3.94. The molecule has 138 valence electrons. The van der Waals surface area contributed by atoms with Crippen molar-refractivity contribution in [2.75, 3.05) is 57.8 Å². The number of nitrogens with zero attached hydrogens (tertiary/aromatic N) is 5. The maximum atomic E-state index is 4.52. The first-order valence-corrected chi connectivity index (χ1v) is 9.67. The van der Waals surface area contributed by atoms with Crippen LogP contribution in [0.4, 0.5) is 5.82 Å². The van der Waals surface area contributed by atoms with Gasteiger partial charge in [-0.1, -0.05) is 19.4 Å². The van der Waals surface area contributed by atoms with Crippen LogP contribution >= 0.6 is 0 Å². The summed E-state index contributed by atoms with van der Waals surface area (Å²) < 4.78 is 0. The van der Waals surface area contributed by atoms with Crippen LogP contribution in [0, 0.1) is 0 Å². The summed E-state index contributed by atoms with van der Waals surface area (Å²) in [5.74, 6) is 2.12. The molecule has 3 heterocycles. The molecule has 2 aliphatic rings. The molecule has 0 saturated carbocycles. The van der Waals surface area contributed by atoms with Gasteiger partial charge in [-0.3, -0.25) is 9.89 Å². The highest BCUT2D eigenvalue weighted by atomic mass is 15.4. The lowest BCUT2D eigenvalue weighted by molar-refractivity contribution is 0.156. The SMILES string of the molecule is CCN1CCCCC1CNC(=NC)N1CCN(c2ccccn2)CC1. The van der Waals surface area contributed by atoms with Gasteiger partial charge in [0.2, 0.25) is 0 Å². The lowest BCUT2D eigenvalue weighted by Gasteiger charge is -2.39. The van der Waals surface area contributed by atoms with E-state index in [0.29, 0.717) is 6.04 Å². The first-order chi connectivity index (χ1) is 12.3. The predicted molar refractivity (Wildman–Crippen MR) is 104 cm³/mol. The molecule has 0 spiro atoms. The minimum Gasteiger partial charge on any atom is -0.355 e. The van der Waals surface area contributed by atoms with Crippen molar-refractivity contribution in [2.45, 2.75) is 32.2 Å². The number of likely N-dealkylation sites (tertiary alicyclic amines) is 1. The van der Waals surface area contributed by atoms with Gasteiger partial charge in [-0.05, 0) is 38.1 Å². The van der Waals surface area contributed by atoms with Gasteiger partial charge in [0.1, 0.15) is 5.82 Å². The van der Waals surface area contributed by atoms with Crippen molar-refractivity contribution in [1.82, 2.24) is 20.1 Å². The van der Waals surface area contributed by atoms with Crippen LogP contribution in [0.3, 0.4) is 0 Å². The summed E-state index contributed by atoms with van der Waals surface area (Å²) in [7, 11) is 1.89. The second kappa shape index (κ2) is 9.04. The number of guanidine groups is 1. The van der Waals surface area contributed by atoms with E-state index in [-0.39, 0.29) is 0 Å². The van der Waals surface area contributed by atoms with Crippen LogP contribution in [0.2, 0.25) is 0 Å². The Morgan fingerprint density at radius 1 is 1.20 bits per heavy atom. The van der Waals surface area contributed by atoms with E-state index in [1.54, 1.807) is 0 Å². The van der Waals surface area contributed by atoms with Gasteiger partial charge in [-0.15, -0.1) is 0 Å². The molecule has 0 aliphatic carbocycles. The lowest BCUT2D eigenvalue weighted by atomic mass is 10.0. The second-order valence-corrected chi connectivity index (χ2v) is 6.87. The number of rotatable bonds is 4. The average molecular weight is 345 g/mol. The first-order valence-electron chi connectivity index (χ1n) is 9.67. The van der Waals surface area contributed by atoms with Gasteiger partial charge in [0.15, 0.2) is 5.96 Å². The van der Waals surface area contributed by atoms with Crippen LogP contribution in [0.15, 0.2) is 29.4 Å². The van der Waals surface area contributed by atoms with Gasteiger partial charge in [0.05, 0.1) is 0 Å². The van der Waals surface area contributed by atoms with E-state index in [9.17, 15) is 0 Å². The molecule has 3 rings (SSSR count). The minimum absolute atomic E-state index is 0.644. The molecule has 1 aromatic heterocycles. The van der Waals surface area contributed by atoms with E-state index >= 15 is 0 Å². The van der Waals surface area contributed by atoms with Gasteiger partial charge >= 0.3 is 0 Å². The van der Waals surface area contributed by atoms with E-state index in [4.69, 9.17) is 0 Å². The fraction of sp³-hybridized carbons (Fsp3) is 0.684. The summed E-state index contributed by atoms with van der Waals surface area (Å²) >= 11 is 0. The Bertz CT molecular complexity index is 538. The number of aliphatic imine (C=N–C) groups is 1. The van der Waals surface area contributed by atoms with Crippen LogP contribution in [-0.4, -0.2) is 79.6 Å². The number of likely N-dealkylation sites (N-methyl/N-ethyl adjacent to an activating group) is 1. The summed E-state index contributed by atoms with van der Waals surface area (Å²) in [6.45, 7) is 9.60. The van der Waals surface area contributed by atoms with Crippen molar-refractivity contribution in [3.8, 4) is 0 Å².